The van der Waals surface area contributed by atoms with Gasteiger partial charge in [0.15, 0.2) is 0 Å². The van der Waals surface area contributed by atoms with E-state index in [0.717, 1.165) is 32.1 Å². The molecule has 4 nitrogen and oxygen atoms in total. The molecule has 0 aliphatic heterocycles. The number of hydrogen-bond donors (Lipinski definition) is 1. The van der Waals surface area contributed by atoms with E-state index in [1.165, 1.54) is 17.0 Å². The van der Waals surface area contributed by atoms with Crippen molar-refractivity contribution in [1.29, 1.82) is 0 Å². The summed E-state index contributed by atoms with van der Waals surface area (Å²) in [6, 6.07) is 0.812. The van der Waals surface area contributed by atoms with E-state index in [-0.39, 0.29) is 0 Å². The second kappa shape index (κ2) is 10.4. The molecule has 26 heavy (non-hydrogen) atoms. The van der Waals surface area contributed by atoms with Crippen LogP contribution in [0.2, 0.25) is 0 Å². The third-order valence-electron chi connectivity index (χ3n) is 6.18. The van der Waals surface area contributed by atoms with Crippen LogP contribution >= 0.6 is 0 Å². The molecule has 0 aliphatic rings. The summed E-state index contributed by atoms with van der Waals surface area (Å²) in [7, 11) is -1.50. The Balaban J connectivity index is 5.26. The van der Waals surface area contributed by atoms with Crippen LogP contribution in [0.5, 0.6) is 0 Å². The first-order valence-corrected chi connectivity index (χ1v) is 12.2. The molecule has 1 N–H and O–H groups in total. The zero-order valence-electron chi connectivity index (χ0n) is 19.1. The normalized spacial score (nSPS) is 16.3. The number of nitrogens with zero attached hydrogens (tertiary/aromatic N) is 1. The molecule has 0 aliphatic carbocycles. The fourth-order valence-electron chi connectivity index (χ4n) is 3.57. The molecular formula is C21H46N2O2S. The molecule has 0 heterocycles. The number of rotatable bonds is 13. The van der Waals surface area contributed by atoms with Gasteiger partial charge in [0.25, 0.3) is 0 Å². The second-order valence-electron chi connectivity index (χ2n) is 9.73. The standard InChI is InChI=1S/C21H46N2O2S/c1-11-13-18(15-20(5,6)17(3)4)22-19(14-12-2)16-21(7,8)23(9)26(10,24)25/h17-19,22H,11-16H2,1-10H3. The Morgan fingerprint density at radius 2 is 1.35 bits per heavy atom. The summed E-state index contributed by atoms with van der Waals surface area (Å²) in [5.41, 5.74) is -0.104. The van der Waals surface area contributed by atoms with Crippen LogP contribution in [0.15, 0.2) is 0 Å². The number of nitrogens with one attached hydrogen (secondary N) is 1. The summed E-state index contributed by atoms with van der Waals surface area (Å²) >= 11 is 0. The highest BCUT2D eigenvalue weighted by atomic mass is 32.2. The molecule has 5 heteroatoms. The van der Waals surface area contributed by atoms with E-state index < -0.39 is 15.6 Å². The van der Waals surface area contributed by atoms with Crippen molar-refractivity contribution in [1.82, 2.24) is 9.62 Å². The van der Waals surface area contributed by atoms with E-state index in [4.69, 9.17) is 0 Å². The van der Waals surface area contributed by atoms with Crippen LogP contribution < -0.4 is 5.32 Å². The zero-order chi connectivity index (χ0) is 20.8. The number of sulfonamides is 1. The summed E-state index contributed by atoms with van der Waals surface area (Å²) in [6.07, 6.45) is 7.78. The largest absolute Gasteiger partial charge is 0.311 e. The van der Waals surface area contributed by atoms with Gasteiger partial charge in [0, 0.05) is 24.7 Å². The zero-order valence-corrected chi connectivity index (χ0v) is 20.0. The van der Waals surface area contributed by atoms with Gasteiger partial charge in [-0.25, -0.2) is 8.42 Å². The highest BCUT2D eigenvalue weighted by Crippen LogP contribution is 2.33. The van der Waals surface area contributed by atoms with Crippen molar-refractivity contribution in [2.45, 2.75) is 112 Å². The topological polar surface area (TPSA) is 49.4 Å². The highest BCUT2D eigenvalue weighted by molar-refractivity contribution is 7.88. The van der Waals surface area contributed by atoms with Crippen LogP contribution in [0.1, 0.15) is 93.9 Å². The maximum Gasteiger partial charge on any atom is 0.211 e. The molecule has 0 saturated heterocycles. The van der Waals surface area contributed by atoms with Gasteiger partial charge in [-0.2, -0.15) is 4.31 Å². The monoisotopic (exact) mass is 390 g/mol. The van der Waals surface area contributed by atoms with Crippen molar-refractivity contribution in [3.63, 3.8) is 0 Å². The first-order valence-electron chi connectivity index (χ1n) is 10.4. The van der Waals surface area contributed by atoms with E-state index >= 15 is 0 Å². The molecule has 2 unspecified atom stereocenters. The van der Waals surface area contributed by atoms with Crippen molar-refractivity contribution in [2.75, 3.05) is 13.3 Å². The van der Waals surface area contributed by atoms with E-state index in [9.17, 15) is 8.42 Å². The minimum absolute atomic E-state index is 0.294. The van der Waals surface area contributed by atoms with Gasteiger partial charge < -0.3 is 5.32 Å². The third kappa shape index (κ3) is 8.71. The lowest BCUT2D eigenvalue weighted by Gasteiger charge is -2.40. The van der Waals surface area contributed by atoms with Gasteiger partial charge in [0.2, 0.25) is 10.0 Å². The van der Waals surface area contributed by atoms with Crippen LogP contribution in [0.25, 0.3) is 0 Å². The Kier molecular flexibility index (Phi) is 10.4. The molecule has 0 amide bonds. The quantitative estimate of drug-likeness (QED) is 0.479. The Hall–Kier alpha value is -0.130. The van der Waals surface area contributed by atoms with Crippen LogP contribution in [-0.4, -0.2) is 43.6 Å². The molecule has 0 aromatic rings. The fourth-order valence-corrected chi connectivity index (χ4v) is 4.54. The summed E-state index contributed by atoms with van der Waals surface area (Å²) in [4.78, 5) is 0. The van der Waals surface area contributed by atoms with E-state index in [1.54, 1.807) is 7.05 Å². The van der Waals surface area contributed by atoms with Crippen molar-refractivity contribution in [2.24, 2.45) is 11.3 Å². The SMILES string of the molecule is CCCC(CC(C)(C)C(C)C)NC(CCC)CC(C)(C)N(C)S(C)(=O)=O. The Morgan fingerprint density at radius 1 is 0.923 bits per heavy atom. The third-order valence-corrected chi connectivity index (χ3v) is 7.67. The van der Waals surface area contributed by atoms with Crippen molar-refractivity contribution in [3.8, 4) is 0 Å². The molecule has 0 saturated carbocycles. The average Bonchev–Trinajstić information content (AvgIpc) is 2.44. The summed E-state index contributed by atoms with van der Waals surface area (Å²) < 4.78 is 25.5. The molecule has 0 radical (unpaired) electrons. The van der Waals surface area contributed by atoms with E-state index in [1.807, 2.05) is 13.8 Å². The van der Waals surface area contributed by atoms with Gasteiger partial charge in [0.1, 0.15) is 0 Å². The average molecular weight is 391 g/mol. The minimum Gasteiger partial charge on any atom is -0.311 e. The molecule has 158 valence electrons. The maximum absolute atomic E-state index is 12.0. The molecule has 0 spiro atoms. The molecule has 0 rings (SSSR count). The number of hydrogen-bond acceptors (Lipinski definition) is 3. The Bertz CT molecular complexity index is 498. The van der Waals surface area contributed by atoms with Gasteiger partial charge in [-0.05, 0) is 50.9 Å². The highest BCUT2D eigenvalue weighted by Gasteiger charge is 2.34. The lowest BCUT2D eigenvalue weighted by atomic mass is 9.75. The van der Waals surface area contributed by atoms with Crippen molar-refractivity contribution in [3.05, 3.63) is 0 Å². The lowest BCUT2D eigenvalue weighted by molar-refractivity contribution is 0.168. The first-order chi connectivity index (χ1) is 11.7. The van der Waals surface area contributed by atoms with Crippen molar-refractivity contribution >= 4 is 10.0 Å². The Morgan fingerprint density at radius 3 is 1.69 bits per heavy atom. The second-order valence-corrected chi connectivity index (χ2v) is 11.7. The van der Waals surface area contributed by atoms with Crippen LogP contribution in [-0.2, 0) is 10.0 Å². The molecular weight excluding hydrogens is 344 g/mol. The molecule has 0 aromatic carbocycles. The Labute approximate surface area is 164 Å². The van der Waals surface area contributed by atoms with E-state index in [0.29, 0.717) is 23.4 Å². The minimum atomic E-state index is -3.19. The lowest BCUT2D eigenvalue weighted by Crippen LogP contribution is -2.51. The predicted octanol–water partition coefficient (Wildman–Crippen LogP) is 5.05. The molecule has 0 bridgehead atoms. The first kappa shape index (κ1) is 25.9. The molecule has 0 fully saturated rings. The fraction of sp³-hybridized carbons (Fsp3) is 1.00. The summed E-state index contributed by atoms with van der Waals surface area (Å²) in [6.45, 7) is 17.8. The van der Waals surface area contributed by atoms with Gasteiger partial charge in [-0.15, -0.1) is 0 Å². The molecule has 2 atom stereocenters. The molecule has 0 aromatic heterocycles. The summed E-state index contributed by atoms with van der Waals surface area (Å²) in [5.74, 6) is 0.640. The van der Waals surface area contributed by atoms with E-state index in [2.05, 4.69) is 46.9 Å². The van der Waals surface area contributed by atoms with Gasteiger partial charge in [0.05, 0.1) is 6.26 Å². The summed E-state index contributed by atoms with van der Waals surface area (Å²) in [5, 5.41) is 3.91. The van der Waals surface area contributed by atoms with Crippen LogP contribution in [0, 0.1) is 11.3 Å². The van der Waals surface area contributed by atoms with Crippen molar-refractivity contribution < 1.29 is 8.42 Å². The van der Waals surface area contributed by atoms with Crippen LogP contribution in [0.3, 0.4) is 0 Å². The van der Waals surface area contributed by atoms with Gasteiger partial charge in [-0.3, -0.25) is 0 Å². The van der Waals surface area contributed by atoms with Gasteiger partial charge in [-0.1, -0.05) is 54.4 Å². The maximum atomic E-state index is 12.0. The smallest absolute Gasteiger partial charge is 0.211 e. The van der Waals surface area contributed by atoms with Crippen LogP contribution in [0.4, 0.5) is 0 Å². The van der Waals surface area contributed by atoms with Gasteiger partial charge >= 0.3 is 0 Å². The predicted molar refractivity (Wildman–Crippen MR) is 115 cm³/mol.